The normalized spacial score (nSPS) is 18.9. The summed E-state index contributed by atoms with van der Waals surface area (Å²) in [5.41, 5.74) is 5.01. The number of aromatic nitrogens is 2. The molecule has 1 spiro atoms. The first-order valence-electron chi connectivity index (χ1n) is 13.1. The molecular weight excluding hydrogens is 452 g/mol. The maximum absolute atomic E-state index is 14.4. The minimum Gasteiger partial charge on any atom is -0.293 e. The lowest BCUT2D eigenvalue weighted by Crippen LogP contribution is -2.43. The third-order valence-corrected chi connectivity index (χ3v) is 9.30. The van der Waals surface area contributed by atoms with Crippen LogP contribution in [0.5, 0.6) is 0 Å². The summed E-state index contributed by atoms with van der Waals surface area (Å²) >= 11 is 1.44. The number of ketones is 1. The van der Waals surface area contributed by atoms with Gasteiger partial charge in [-0.3, -0.25) is 14.2 Å². The van der Waals surface area contributed by atoms with Crippen LogP contribution in [0.3, 0.4) is 0 Å². The van der Waals surface area contributed by atoms with Crippen molar-refractivity contribution in [2.24, 2.45) is 0 Å². The highest BCUT2D eigenvalue weighted by molar-refractivity contribution is 7.99. The average Bonchev–Trinajstić information content (AvgIpc) is 3.42. The van der Waals surface area contributed by atoms with Gasteiger partial charge in [-0.15, -0.1) is 0 Å². The van der Waals surface area contributed by atoms with E-state index in [-0.39, 0.29) is 28.6 Å². The lowest BCUT2D eigenvalue weighted by atomic mass is 9.62. The second-order valence-electron chi connectivity index (χ2n) is 10.5. The number of Topliss-reactive ketones (excluding diaryl/α,β-unsaturated/α-hetero) is 1. The van der Waals surface area contributed by atoms with Gasteiger partial charge in [0.05, 0.1) is 17.0 Å². The van der Waals surface area contributed by atoms with Crippen LogP contribution in [0, 0.1) is 0 Å². The zero-order valence-electron chi connectivity index (χ0n) is 20.2. The Morgan fingerprint density at radius 2 is 1.66 bits per heavy atom. The van der Waals surface area contributed by atoms with E-state index in [2.05, 4.69) is 24.3 Å². The number of hydrogen-bond donors (Lipinski definition) is 0. The molecule has 4 nitrogen and oxygen atoms in total. The number of nitrogens with zero attached hydrogens (tertiary/aromatic N) is 2. The maximum atomic E-state index is 14.4. The molecule has 6 rings (SSSR count). The Kier molecular flexibility index (Phi) is 6.13. The van der Waals surface area contributed by atoms with E-state index in [1.54, 1.807) is 0 Å². The molecule has 1 heterocycles. The van der Waals surface area contributed by atoms with Crippen molar-refractivity contribution in [3.8, 4) is 11.3 Å². The largest absolute Gasteiger partial charge is 0.293 e. The summed E-state index contributed by atoms with van der Waals surface area (Å²) in [6, 6.07) is 18.1. The van der Waals surface area contributed by atoms with E-state index in [1.807, 2.05) is 34.9 Å². The monoisotopic (exact) mass is 484 g/mol. The zero-order valence-corrected chi connectivity index (χ0v) is 21.0. The van der Waals surface area contributed by atoms with Crippen LogP contribution in [0.25, 0.3) is 11.3 Å². The quantitative estimate of drug-likeness (QED) is 0.228. The molecule has 1 aromatic heterocycles. The predicted molar refractivity (Wildman–Crippen MR) is 141 cm³/mol. The summed E-state index contributed by atoms with van der Waals surface area (Å²) in [7, 11) is 0. The molecule has 0 aliphatic heterocycles. The van der Waals surface area contributed by atoms with Gasteiger partial charge in [-0.05, 0) is 37.7 Å². The van der Waals surface area contributed by atoms with Gasteiger partial charge in [0.15, 0.2) is 10.9 Å². The first-order chi connectivity index (χ1) is 17.2. The van der Waals surface area contributed by atoms with Gasteiger partial charge < -0.3 is 0 Å². The smallest absolute Gasteiger partial charge is 0.258 e. The molecule has 3 aliphatic rings. The van der Waals surface area contributed by atoms with Crippen molar-refractivity contribution >= 4 is 17.5 Å². The van der Waals surface area contributed by atoms with Gasteiger partial charge in [0.1, 0.15) is 0 Å². The Bertz CT molecular complexity index is 1300. The standard InChI is InChI=1S/C30H32N2O2S/c33-25(21-11-3-1-4-12-21)20-35-29-31-27-24-16-8-5-13-22(24)19-30(17-9-2-10-18-30)26(27)28(34)32(29)23-14-6-7-15-23/h1,3-5,8,11-13,16,23H,2,6-7,9-10,14-15,17-20H2. The fourth-order valence-electron chi connectivity index (χ4n) is 6.62. The third kappa shape index (κ3) is 4.08. The van der Waals surface area contributed by atoms with Crippen LogP contribution in [0.1, 0.15) is 85.3 Å². The van der Waals surface area contributed by atoms with Crippen molar-refractivity contribution in [1.29, 1.82) is 0 Å². The second-order valence-corrected chi connectivity index (χ2v) is 11.4. The molecule has 0 saturated heterocycles. The van der Waals surface area contributed by atoms with Crippen LogP contribution in [0.15, 0.2) is 64.5 Å². The summed E-state index contributed by atoms with van der Waals surface area (Å²) in [5.74, 6) is 0.360. The Hall–Kier alpha value is -2.66. The molecule has 180 valence electrons. The molecule has 35 heavy (non-hydrogen) atoms. The van der Waals surface area contributed by atoms with Crippen LogP contribution >= 0.6 is 11.8 Å². The molecule has 0 N–H and O–H groups in total. The highest BCUT2D eigenvalue weighted by atomic mass is 32.2. The summed E-state index contributed by atoms with van der Waals surface area (Å²) < 4.78 is 2.00. The van der Waals surface area contributed by atoms with Crippen molar-refractivity contribution in [2.45, 2.75) is 80.8 Å². The van der Waals surface area contributed by atoms with Gasteiger partial charge in [-0.1, -0.05) is 98.5 Å². The Labute approximate surface area is 211 Å². The fourth-order valence-corrected chi connectivity index (χ4v) is 7.58. The number of rotatable bonds is 5. The van der Waals surface area contributed by atoms with E-state index in [9.17, 15) is 9.59 Å². The first kappa shape index (κ1) is 22.8. The van der Waals surface area contributed by atoms with Crippen molar-refractivity contribution in [3.63, 3.8) is 0 Å². The van der Waals surface area contributed by atoms with Gasteiger partial charge >= 0.3 is 0 Å². The van der Waals surface area contributed by atoms with Crippen molar-refractivity contribution in [3.05, 3.63) is 81.6 Å². The van der Waals surface area contributed by atoms with E-state index in [0.29, 0.717) is 10.7 Å². The number of benzene rings is 2. The number of carbonyl (C=O) groups excluding carboxylic acids is 1. The Morgan fingerprint density at radius 1 is 0.943 bits per heavy atom. The SMILES string of the molecule is O=C(CSc1nc2c(c(=O)n1C1CCCC1)C1(CCCCC1)Cc1ccccc1-2)c1ccccc1. The van der Waals surface area contributed by atoms with Gasteiger partial charge in [0.25, 0.3) is 5.56 Å². The van der Waals surface area contributed by atoms with E-state index in [0.717, 1.165) is 61.8 Å². The van der Waals surface area contributed by atoms with E-state index < -0.39 is 0 Å². The van der Waals surface area contributed by atoms with Gasteiger partial charge in [0, 0.05) is 22.6 Å². The molecule has 2 saturated carbocycles. The number of fused-ring (bicyclic) bond motifs is 4. The molecule has 5 heteroatoms. The van der Waals surface area contributed by atoms with Crippen LogP contribution < -0.4 is 5.56 Å². The molecular formula is C30H32N2O2S. The van der Waals surface area contributed by atoms with Gasteiger partial charge in [-0.2, -0.15) is 0 Å². The maximum Gasteiger partial charge on any atom is 0.258 e. The Balaban J connectivity index is 1.49. The summed E-state index contributed by atoms with van der Waals surface area (Å²) in [4.78, 5) is 32.6. The molecule has 0 amide bonds. The van der Waals surface area contributed by atoms with Crippen LogP contribution in [-0.2, 0) is 11.8 Å². The molecule has 2 aromatic carbocycles. The average molecular weight is 485 g/mol. The Morgan fingerprint density at radius 3 is 2.43 bits per heavy atom. The number of hydrogen-bond acceptors (Lipinski definition) is 4. The molecule has 2 fully saturated rings. The van der Waals surface area contributed by atoms with Crippen LogP contribution in [0.2, 0.25) is 0 Å². The number of carbonyl (C=O) groups is 1. The molecule has 3 aromatic rings. The molecule has 3 aliphatic carbocycles. The minimum absolute atomic E-state index is 0.0738. The highest BCUT2D eigenvalue weighted by Crippen LogP contribution is 2.49. The fraction of sp³-hybridized carbons (Fsp3) is 0.433. The van der Waals surface area contributed by atoms with E-state index in [4.69, 9.17) is 4.98 Å². The third-order valence-electron chi connectivity index (χ3n) is 8.34. The lowest BCUT2D eigenvalue weighted by molar-refractivity contribution is 0.102. The molecule has 0 radical (unpaired) electrons. The van der Waals surface area contributed by atoms with E-state index in [1.165, 1.54) is 36.6 Å². The van der Waals surface area contributed by atoms with E-state index >= 15 is 0 Å². The van der Waals surface area contributed by atoms with Crippen LogP contribution in [-0.4, -0.2) is 21.1 Å². The number of thioether (sulfide) groups is 1. The zero-order chi connectivity index (χ0) is 23.8. The minimum atomic E-state index is -0.102. The summed E-state index contributed by atoms with van der Waals surface area (Å²) in [6.45, 7) is 0. The molecule has 0 atom stereocenters. The van der Waals surface area contributed by atoms with Crippen molar-refractivity contribution < 1.29 is 4.79 Å². The summed E-state index contributed by atoms with van der Waals surface area (Å²) in [6.07, 6.45) is 11.0. The highest BCUT2D eigenvalue weighted by Gasteiger charge is 2.44. The topological polar surface area (TPSA) is 52.0 Å². The van der Waals surface area contributed by atoms with Crippen LogP contribution in [0.4, 0.5) is 0 Å². The van der Waals surface area contributed by atoms with Gasteiger partial charge in [0.2, 0.25) is 0 Å². The lowest BCUT2D eigenvalue weighted by Gasteiger charge is -2.42. The van der Waals surface area contributed by atoms with Crippen molar-refractivity contribution in [1.82, 2.24) is 9.55 Å². The van der Waals surface area contributed by atoms with Crippen molar-refractivity contribution in [2.75, 3.05) is 5.75 Å². The second kappa shape index (κ2) is 9.42. The first-order valence-corrected chi connectivity index (χ1v) is 14.1. The molecule has 0 unspecified atom stereocenters. The summed E-state index contributed by atoms with van der Waals surface area (Å²) in [5, 5.41) is 0.715. The molecule has 0 bridgehead atoms. The predicted octanol–water partition coefficient (Wildman–Crippen LogP) is 6.76. The van der Waals surface area contributed by atoms with Gasteiger partial charge in [-0.25, -0.2) is 4.98 Å².